The van der Waals surface area contributed by atoms with E-state index in [0.717, 1.165) is 72.1 Å². The van der Waals surface area contributed by atoms with Gasteiger partial charge in [0.25, 0.3) is 0 Å². The van der Waals surface area contributed by atoms with Crippen LogP contribution in [-0.4, -0.2) is 0 Å². The van der Waals surface area contributed by atoms with E-state index < -0.39 is 5.41 Å². The van der Waals surface area contributed by atoms with Crippen molar-refractivity contribution in [3.8, 4) is 33.4 Å². The van der Waals surface area contributed by atoms with Crippen LogP contribution in [0.25, 0.3) is 88.0 Å². The van der Waals surface area contributed by atoms with Crippen LogP contribution >= 0.6 is 0 Å². The van der Waals surface area contributed by atoms with E-state index >= 15 is 0 Å². The van der Waals surface area contributed by atoms with Crippen LogP contribution in [0.2, 0.25) is 0 Å². The fourth-order valence-corrected chi connectivity index (χ4v) is 11.0. The molecule has 0 fully saturated rings. The number of benzene rings is 10. The molecule has 288 valence electrons. The van der Waals surface area contributed by atoms with E-state index in [-0.39, 0.29) is 0 Å². The van der Waals surface area contributed by atoms with Crippen molar-refractivity contribution in [3.05, 3.63) is 235 Å². The van der Waals surface area contributed by atoms with Crippen LogP contribution in [-0.2, 0) is 5.41 Å². The summed E-state index contributed by atoms with van der Waals surface area (Å²) in [6.45, 7) is 0. The Morgan fingerprint density at radius 1 is 0.306 bits per heavy atom. The zero-order valence-corrected chi connectivity index (χ0v) is 33.5. The monoisotopic (exact) mass is 789 g/mol. The largest absolute Gasteiger partial charge is 0.456 e. The Hall–Kier alpha value is -8.14. The third-order valence-electron chi connectivity index (χ3n) is 13.7. The number of fused-ring (bicyclic) bond motifs is 17. The Labute approximate surface area is 357 Å². The molecule has 1 spiro atoms. The van der Waals surface area contributed by atoms with Crippen molar-refractivity contribution in [1.29, 1.82) is 0 Å². The van der Waals surface area contributed by atoms with Gasteiger partial charge in [0.2, 0.25) is 0 Å². The Morgan fingerprint density at radius 2 is 0.806 bits per heavy atom. The lowest BCUT2D eigenvalue weighted by Gasteiger charge is -2.32. The average Bonchev–Trinajstić information content (AvgIpc) is 4.05. The van der Waals surface area contributed by atoms with Crippen LogP contribution in [0.1, 0.15) is 22.3 Å². The molecule has 2 aromatic heterocycles. The molecule has 3 nitrogen and oxygen atoms in total. The maximum absolute atomic E-state index is 6.48. The van der Waals surface area contributed by atoms with E-state index in [4.69, 9.17) is 8.83 Å². The third-order valence-corrected chi connectivity index (χ3v) is 13.7. The molecule has 0 N–H and O–H groups in total. The SMILES string of the molecule is c1ccc(N(c2ccc3c(c2)C2(c4ccccc4-c4ccccc42)c2ccccc2-3)c2ccc3oc4ccccc4c3c2)c(-c2ccc3oc4cc5ccccc5cc4c3c2)c1. The van der Waals surface area contributed by atoms with Crippen molar-refractivity contribution < 1.29 is 8.83 Å². The van der Waals surface area contributed by atoms with Gasteiger partial charge in [-0.05, 0) is 128 Å². The highest BCUT2D eigenvalue weighted by molar-refractivity contribution is 6.12. The van der Waals surface area contributed by atoms with Gasteiger partial charge >= 0.3 is 0 Å². The quantitative estimate of drug-likeness (QED) is 0.178. The minimum absolute atomic E-state index is 0.470. The summed E-state index contributed by atoms with van der Waals surface area (Å²) < 4.78 is 12.9. The van der Waals surface area contributed by atoms with Gasteiger partial charge in [0, 0.05) is 38.5 Å². The molecule has 10 aromatic carbocycles. The molecule has 2 aliphatic carbocycles. The number of hydrogen-bond acceptors (Lipinski definition) is 3. The second-order valence-electron chi connectivity index (χ2n) is 16.8. The van der Waals surface area contributed by atoms with Crippen LogP contribution < -0.4 is 4.90 Å². The van der Waals surface area contributed by atoms with Gasteiger partial charge in [0.1, 0.15) is 22.3 Å². The van der Waals surface area contributed by atoms with Crippen LogP contribution in [0.15, 0.2) is 221 Å². The number of hydrogen-bond donors (Lipinski definition) is 0. The summed E-state index contributed by atoms with van der Waals surface area (Å²) in [7, 11) is 0. The molecule has 14 rings (SSSR count). The Kier molecular flexibility index (Phi) is 6.76. The highest BCUT2D eigenvalue weighted by Crippen LogP contribution is 2.63. The minimum atomic E-state index is -0.470. The van der Waals surface area contributed by atoms with E-state index in [1.807, 2.05) is 6.07 Å². The van der Waals surface area contributed by atoms with Crippen molar-refractivity contribution >= 4 is 71.7 Å². The molecule has 2 heterocycles. The Morgan fingerprint density at radius 3 is 1.55 bits per heavy atom. The first-order valence-electron chi connectivity index (χ1n) is 21.3. The van der Waals surface area contributed by atoms with E-state index in [1.165, 1.54) is 55.3 Å². The molecule has 3 heteroatoms. The number of furan rings is 2. The summed E-state index contributed by atoms with van der Waals surface area (Å²) in [6.07, 6.45) is 0. The molecule has 0 atom stereocenters. The average molecular weight is 790 g/mol. The first-order chi connectivity index (χ1) is 30.7. The Balaban J connectivity index is 1.03. The topological polar surface area (TPSA) is 29.5 Å². The molecule has 0 amide bonds. The smallest absolute Gasteiger partial charge is 0.136 e. The van der Waals surface area contributed by atoms with Gasteiger partial charge in [-0.25, -0.2) is 0 Å². The summed E-state index contributed by atoms with van der Waals surface area (Å²) in [5.74, 6) is 0. The van der Waals surface area contributed by atoms with E-state index in [0.29, 0.717) is 0 Å². The standard InChI is InChI=1S/C59H35NO2/c1-2-14-37-33-58-48(31-36(37)13-1)47-32-38(25-29-56(47)62-58)41-15-6-11-23-54(41)60(39-27-30-57-49(34-39)46-19-7-12-24-55(46)61-57)40-26-28-45-44-18-5-10-22-52(44)59(53(45)35-40)50-20-8-3-16-42(50)43-17-4-9-21-51(43)59/h1-35H. The van der Waals surface area contributed by atoms with Crippen LogP contribution in [0.4, 0.5) is 17.1 Å². The maximum Gasteiger partial charge on any atom is 0.136 e. The van der Waals surface area contributed by atoms with Crippen molar-refractivity contribution in [2.75, 3.05) is 4.90 Å². The lowest BCUT2D eigenvalue weighted by molar-refractivity contribution is 0.669. The van der Waals surface area contributed by atoms with Gasteiger partial charge in [-0.3, -0.25) is 0 Å². The highest BCUT2D eigenvalue weighted by Gasteiger charge is 2.51. The molecule has 62 heavy (non-hydrogen) atoms. The predicted molar refractivity (Wildman–Crippen MR) is 255 cm³/mol. The van der Waals surface area contributed by atoms with Gasteiger partial charge in [0.15, 0.2) is 0 Å². The molecule has 0 aliphatic heterocycles. The van der Waals surface area contributed by atoms with Crippen LogP contribution in [0.5, 0.6) is 0 Å². The summed E-state index contributed by atoms with van der Waals surface area (Å²) in [4.78, 5) is 2.45. The van der Waals surface area contributed by atoms with Crippen molar-refractivity contribution in [2.45, 2.75) is 5.41 Å². The first kappa shape index (κ1) is 33.7. The van der Waals surface area contributed by atoms with Gasteiger partial charge < -0.3 is 13.7 Å². The second-order valence-corrected chi connectivity index (χ2v) is 16.8. The summed E-state index contributed by atoms with van der Waals surface area (Å²) in [6, 6.07) is 77.5. The molecule has 0 unspecified atom stereocenters. The van der Waals surface area contributed by atoms with Gasteiger partial charge in [-0.2, -0.15) is 0 Å². The first-order valence-corrected chi connectivity index (χ1v) is 21.3. The molecule has 12 aromatic rings. The summed E-state index contributed by atoms with van der Waals surface area (Å²) in [5.41, 5.74) is 18.9. The fraction of sp³-hybridized carbons (Fsp3) is 0.0169. The number of anilines is 3. The molecule has 0 saturated heterocycles. The van der Waals surface area contributed by atoms with Crippen LogP contribution in [0.3, 0.4) is 0 Å². The summed E-state index contributed by atoms with van der Waals surface area (Å²) in [5, 5.41) is 6.78. The fourth-order valence-electron chi connectivity index (χ4n) is 11.0. The third kappa shape index (κ3) is 4.49. The maximum atomic E-state index is 6.48. The number of rotatable bonds is 4. The van der Waals surface area contributed by atoms with E-state index in [1.54, 1.807) is 0 Å². The molecular formula is C59H35NO2. The molecule has 0 saturated carbocycles. The van der Waals surface area contributed by atoms with Crippen molar-refractivity contribution in [3.63, 3.8) is 0 Å². The van der Waals surface area contributed by atoms with Crippen LogP contribution in [0, 0.1) is 0 Å². The minimum Gasteiger partial charge on any atom is -0.456 e. The molecule has 2 aliphatic rings. The predicted octanol–water partition coefficient (Wildman–Crippen LogP) is 16.1. The summed E-state index contributed by atoms with van der Waals surface area (Å²) >= 11 is 0. The molecular weight excluding hydrogens is 755 g/mol. The van der Waals surface area contributed by atoms with Crippen molar-refractivity contribution in [1.82, 2.24) is 0 Å². The second kappa shape index (κ2) is 12.4. The van der Waals surface area contributed by atoms with Crippen molar-refractivity contribution in [2.24, 2.45) is 0 Å². The number of nitrogens with zero attached hydrogens (tertiary/aromatic N) is 1. The lowest BCUT2D eigenvalue weighted by Crippen LogP contribution is -2.26. The lowest BCUT2D eigenvalue weighted by atomic mass is 9.70. The Bertz CT molecular complexity index is 3780. The van der Waals surface area contributed by atoms with E-state index in [2.05, 4.69) is 211 Å². The van der Waals surface area contributed by atoms with Gasteiger partial charge in [0.05, 0.1) is 11.1 Å². The zero-order valence-electron chi connectivity index (χ0n) is 33.5. The normalized spacial score (nSPS) is 13.3. The highest BCUT2D eigenvalue weighted by atomic mass is 16.3. The van der Waals surface area contributed by atoms with E-state index in [9.17, 15) is 0 Å². The van der Waals surface area contributed by atoms with Gasteiger partial charge in [-0.15, -0.1) is 0 Å². The zero-order chi connectivity index (χ0) is 40.5. The molecule has 0 radical (unpaired) electrons. The number of para-hydroxylation sites is 2. The van der Waals surface area contributed by atoms with Gasteiger partial charge in [-0.1, -0.05) is 146 Å². The molecule has 0 bridgehead atoms.